The first-order valence-electron chi connectivity index (χ1n) is 6.44. The Labute approximate surface area is 168 Å². The molecular weight excluding hydrogens is 540 g/mol. The summed E-state index contributed by atoms with van der Waals surface area (Å²) in [5.41, 5.74) is -1.26. The highest BCUT2D eigenvalue weighted by atomic mass is 79.9. The Morgan fingerprint density at radius 2 is 1.07 bits per heavy atom. The van der Waals surface area contributed by atoms with Gasteiger partial charge in [0, 0.05) is 12.1 Å². The summed E-state index contributed by atoms with van der Waals surface area (Å²) in [6, 6.07) is 5.08. The highest BCUT2D eigenvalue weighted by Crippen LogP contribution is 2.31. The molecule has 15 heteroatoms. The van der Waals surface area contributed by atoms with Crippen LogP contribution in [0.25, 0.3) is 0 Å². The van der Waals surface area contributed by atoms with Crippen molar-refractivity contribution in [3.63, 3.8) is 0 Å². The van der Waals surface area contributed by atoms with Crippen molar-refractivity contribution in [3.8, 4) is 0 Å². The lowest BCUT2D eigenvalue weighted by Gasteiger charge is -2.07. The van der Waals surface area contributed by atoms with Gasteiger partial charge in [0.1, 0.15) is 9.79 Å². The largest absolute Gasteiger partial charge is 0.311 e. The summed E-state index contributed by atoms with van der Waals surface area (Å²) in [5, 5.41) is 21.8. The second kappa shape index (κ2) is 7.59. The van der Waals surface area contributed by atoms with Gasteiger partial charge < -0.3 is 0 Å². The Bertz CT molecular complexity index is 1070. The van der Waals surface area contributed by atoms with Crippen molar-refractivity contribution in [1.82, 2.24) is 0 Å². The molecule has 2 aromatic carbocycles. The van der Waals surface area contributed by atoms with E-state index in [1.807, 2.05) is 0 Å². The summed E-state index contributed by atoms with van der Waals surface area (Å²) in [6.45, 7) is 0. The van der Waals surface area contributed by atoms with Crippen molar-refractivity contribution in [2.45, 2.75) is 9.79 Å². The van der Waals surface area contributed by atoms with E-state index in [2.05, 4.69) is 35.5 Å². The van der Waals surface area contributed by atoms with Crippen LogP contribution in [0.1, 0.15) is 0 Å². The van der Waals surface area contributed by atoms with Gasteiger partial charge in [-0.1, -0.05) is 0 Å². The summed E-state index contributed by atoms with van der Waals surface area (Å²) in [6.07, 6.45) is 0. The molecule has 27 heavy (non-hydrogen) atoms. The van der Waals surface area contributed by atoms with Gasteiger partial charge >= 0.3 is 20.2 Å². The summed E-state index contributed by atoms with van der Waals surface area (Å²) in [5.74, 6) is 0. The summed E-state index contributed by atoms with van der Waals surface area (Å²) < 4.78 is 53.0. The van der Waals surface area contributed by atoms with Crippen molar-refractivity contribution in [1.29, 1.82) is 0 Å². The highest BCUT2D eigenvalue weighted by molar-refractivity contribution is 9.11. The lowest BCUT2D eigenvalue weighted by atomic mass is 10.3. The molecule has 0 radical (unpaired) electrons. The van der Waals surface area contributed by atoms with Crippen molar-refractivity contribution in [3.05, 3.63) is 65.6 Å². The van der Waals surface area contributed by atoms with Gasteiger partial charge in [0.25, 0.3) is 11.4 Å². The quantitative estimate of drug-likeness (QED) is 0.391. The minimum Gasteiger partial charge on any atom is -0.258 e. The molecule has 0 unspecified atom stereocenters. The number of nitrogens with zero attached hydrogens (tertiary/aromatic N) is 2. The summed E-state index contributed by atoms with van der Waals surface area (Å²) in [7, 11) is -9.95. The predicted molar refractivity (Wildman–Crippen MR) is 97.0 cm³/mol. The summed E-state index contributed by atoms with van der Waals surface area (Å²) in [4.78, 5) is 18.5. The normalized spacial score (nSPS) is 11.9. The van der Waals surface area contributed by atoms with Crippen molar-refractivity contribution in [2.75, 3.05) is 0 Å². The smallest absolute Gasteiger partial charge is 0.258 e. The molecule has 2 rings (SSSR count). The molecule has 0 heterocycles. The average molecular weight is 546 g/mol. The molecule has 0 amide bonds. The van der Waals surface area contributed by atoms with Crippen LogP contribution in [-0.2, 0) is 23.9 Å². The molecule has 0 saturated heterocycles. The molecule has 0 aliphatic carbocycles. The van der Waals surface area contributed by atoms with Gasteiger partial charge in [-0.3, -0.25) is 20.2 Å². The van der Waals surface area contributed by atoms with Crippen LogP contribution in [0.3, 0.4) is 0 Å². The Hall–Kier alpha value is -1.94. The van der Waals surface area contributed by atoms with Gasteiger partial charge in [0.2, 0.25) is 0 Å². The molecule has 0 atom stereocenters. The fourth-order valence-electron chi connectivity index (χ4n) is 1.77. The van der Waals surface area contributed by atoms with Crippen LogP contribution in [-0.4, -0.2) is 26.7 Å². The van der Waals surface area contributed by atoms with E-state index in [0.29, 0.717) is 12.1 Å². The maximum absolute atomic E-state index is 12.2. The zero-order valence-electron chi connectivity index (χ0n) is 12.6. The number of nitro benzene ring substituents is 2. The monoisotopic (exact) mass is 544 g/mol. The third-order valence-electron chi connectivity index (χ3n) is 2.99. The molecule has 2 aromatic rings. The van der Waals surface area contributed by atoms with Gasteiger partial charge in [0.05, 0.1) is 18.8 Å². The van der Waals surface area contributed by atoms with Crippen LogP contribution < -0.4 is 0 Å². The van der Waals surface area contributed by atoms with Crippen LogP contribution in [0.15, 0.2) is 55.1 Å². The van der Waals surface area contributed by atoms with E-state index in [0.717, 1.165) is 24.3 Å². The van der Waals surface area contributed by atoms with Crippen LogP contribution >= 0.6 is 31.9 Å². The Morgan fingerprint density at radius 3 is 1.37 bits per heavy atom. The Balaban J connectivity index is 2.48. The van der Waals surface area contributed by atoms with Gasteiger partial charge in [-0.25, -0.2) is 0 Å². The van der Waals surface area contributed by atoms with E-state index in [4.69, 9.17) is 0 Å². The highest BCUT2D eigenvalue weighted by Gasteiger charge is 2.30. The van der Waals surface area contributed by atoms with Gasteiger partial charge in [0.15, 0.2) is 0 Å². The maximum atomic E-state index is 12.2. The molecular formula is C12H6Br2N2O9S2. The second-order valence-corrected chi connectivity index (χ2v) is 9.73. The third-order valence-corrected chi connectivity index (χ3v) is 7.42. The summed E-state index contributed by atoms with van der Waals surface area (Å²) >= 11 is 5.72. The number of hydrogen-bond acceptors (Lipinski definition) is 9. The molecule has 0 N–H and O–H groups in total. The lowest BCUT2D eigenvalue weighted by molar-refractivity contribution is -0.386. The number of nitro groups is 2. The van der Waals surface area contributed by atoms with Gasteiger partial charge in [-0.05, 0) is 56.1 Å². The second-order valence-electron chi connectivity index (χ2n) is 4.72. The lowest BCUT2D eigenvalue weighted by Crippen LogP contribution is -2.14. The van der Waals surface area contributed by atoms with Crippen LogP contribution in [0.4, 0.5) is 11.4 Å². The van der Waals surface area contributed by atoms with E-state index < -0.39 is 51.2 Å². The molecule has 0 aliphatic rings. The van der Waals surface area contributed by atoms with E-state index in [9.17, 15) is 37.1 Å². The maximum Gasteiger partial charge on any atom is 0.311 e. The zero-order chi connectivity index (χ0) is 20.6. The Kier molecular flexibility index (Phi) is 6.00. The van der Waals surface area contributed by atoms with E-state index >= 15 is 0 Å². The Morgan fingerprint density at radius 1 is 0.741 bits per heavy atom. The minimum atomic E-state index is -4.98. The zero-order valence-corrected chi connectivity index (χ0v) is 17.4. The first kappa shape index (κ1) is 21.4. The van der Waals surface area contributed by atoms with Crippen LogP contribution in [0, 0.1) is 20.2 Å². The number of hydrogen-bond donors (Lipinski definition) is 0. The number of halogens is 2. The molecule has 144 valence electrons. The van der Waals surface area contributed by atoms with Crippen LogP contribution in [0.5, 0.6) is 0 Å². The molecule has 0 aliphatic heterocycles. The van der Waals surface area contributed by atoms with E-state index in [1.165, 1.54) is 0 Å². The van der Waals surface area contributed by atoms with E-state index in [1.54, 1.807) is 0 Å². The molecule has 11 nitrogen and oxygen atoms in total. The van der Waals surface area contributed by atoms with Crippen molar-refractivity contribution < 1.29 is 30.3 Å². The first-order chi connectivity index (χ1) is 12.3. The molecule has 0 fully saturated rings. The standard InChI is InChI=1S/C12H6Br2N2O9S2/c13-9-3-1-7(5-11(9)15(17)18)26(21,22)25-27(23,24)8-2-4-10(14)12(6-8)16(19)20/h1-6H. The average Bonchev–Trinajstić information content (AvgIpc) is 2.53. The number of benzene rings is 2. The topological polar surface area (TPSA) is 164 Å². The fraction of sp³-hybridized carbons (Fsp3) is 0. The molecule has 0 spiro atoms. The molecule has 0 bridgehead atoms. The van der Waals surface area contributed by atoms with Crippen molar-refractivity contribution >= 4 is 63.5 Å². The van der Waals surface area contributed by atoms with Gasteiger partial charge in [-0.15, -0.1) is 3.63 Å². The predicted octanol–water partition coefficient (Wildman–Crippen LogP) is 3.12. The van der Waals surface area contributed by atoms with Gasteiger partial charge in [-0.2, -0.15) is 16.8 Å². The van der Waals surface area contributed by atoms with Crippen molar-refractivity contribution in [2.24, 2.45) is 0 Å². The number of rotatable bonds is 6. The third kappa shape index (κ3) is 4.67. The SMILES string of the molecule is O=[N+]([O-])c1cc(S(=O)(=O)OS(=O)(=O)c2ccc(Br)c([N+](=O)[O-])c2)ccc1Br. The van der Waals surface area contributed by atoms with E-state index in [-0.39, 0.29) is 8.95 Å². The fourth-order valence-corrected chi connectivity index (χ4v) is 5.11. The van der Waals surface area contributed by atoms with Crippen LogP contribution in [0.2, 0.25) is 0 Å². The molecule has 0 saturated carbocycles. The molecule has 0 aromatic heterocycles. The first-order valence-corrected chi connectivity index (χ1v) is 10.8. The minimum absolute atomic E-state index is 0.0298.